The van der Waals surface area contributed by atoms with Crippen LogP contribution in [0.2, 0.25) is 0 Å². The fraction of sp³-hybridized carbons (Fsp3) is 0.405. The largest absolute Gasteiger partial charge is 0.467 e. The number of nitrogens with two attached hydrogens (primary N) is 1. The highest BCUT2D eigenvalue weighted by Crippen LogP contribution is 2.48. The second-order valence-corrected chi connectivity index (χ2v) is 14.3. The van der Waals surface area contributed by atoms with Crippen LogP contribution in [-0.2, 0) is 6.18 Å². The zero-order valence-corrected chi connectivity index (χ0v) is 29.7. The number of pyridine rings is 1. The number of thiophene rings is 1. The fourth-order valence-electron chi connectivity index (χ4n) is 7.85. The number of benzene rings is 2. The molecule has 0 saturated carbocycles. The van der Waals surface area contributed by atoms with Gasteiger partial charge in [-0.05, 0) is 69.0 Å². The molecule has 2 aromatic carbocycles. The molecule has 0 amide bonds. The normalized spacial score (nSPS) is 20.1. The summed E-state index contributed by atoms with van der Waals surface area (Å²) in [7, 11) is 1.28. The summed E-state index contributed by atoms with van der Waals surface area (Å²) in [5.41, 5.74) is 2.74. The van der Waals surface area contributed by atoms with Crippen LogP contribution in [0.15, 0.2) is 42.6 Å². The first-order chi connectivity index (χ1) is 25.4. The summed E-state index contributed by atoms with van der Waals surface area (Å²) in [6, 6.07) is 10.3. The van der Waals surface area contributed by atoms with Crippen LogP contribution in [0.25, 0.3) is 32.1 Å². The number of hydrogen-bond donors (Lipinski definition) is 1. The zero-order valence-electron chi connectivity index (χ0n) is 28.9. The predicted molar refractivity (Wildman–Crippen MR) is 193 cm³/mol. The molecule has 3 aliphatic rings. The molecule has 8 rings (SSSR count). The Morgan fingerprint density at radius 3 is 2.60 bits per heavy atom. The average Bonchev–Trinajstić information content (AvgIpc) is 3.94. The van der Waals surface area contributed by atoms with Crippen molar-refractivity contribution < 1.29 is 31.1 Å². The van der Waals surface area contributed by atoms with E-state index in [9.17, 15) is 27.2 Å². The fourth-order valence-corrected chi connectivity index (χ4v) is 8.80. The van der Waals surface area contributed by atoms with E-state index in [0.717, 1.165) is 37.0 Å². The third-order valence-electron chi connectivity index (χ3n) is 10.2. The molecule has 3 fully saturated rings. The van der Waals surface area contributed by atoms with E-state index in [1.165, 1.54) is 20.0 Å². The van der Waals surface area contributed by atoms with Gasteiger partial charge in [0.15, 0.2) is 5.82 Å². The Labute approximate surface area is 305 Å². The number of halogens is 6. The number of fused-ring (bicyclic) bond motifs is 3. The molecule has 0 aliphatic carbocycles. The quantitative estimate of drug-likeness (QED) is 0.173. The van der Waals surface area contributed by atoms with Crippen molar-refractivity contribution in [2.45, 2.75) is 57.0 Å². The molecular formula is C37H36F6N8OS. The first-order valence-electron chi connectivity index (χ1n) is 17.3. The Bertz CT molecular complexity index is 2180. The van der Waals surface area contributed by atoms with Crippen LogP contribution in [0.1, 0.15) is 43.7 Å². The summed E-state index contributed by atoms with van der Waals surface area (Å²) < 4.78 is 93.5. The number of likely N-dealkylation sites (N-methyl/N-ethyl adjacent to an activating group) is 1. The van der Waals surface area contributed by atoms with E-state index in [-0.39, 0.29) is 49.5 Å². The van der Waals surface area contributed by atoms with Crippen molar-refractivity contribution in [3.63, 3.8) is 0 Å². The number of methoxy groups -OCH3 is 1. The maximum Gasteiger partial charge on any atom is 0.417 e. The molecule has 2 N–H and O–H groups in total. The van der Waals surface area contributed by atoms with E-state index >= 15 is 4.39 Å². The summed E-state index contributed by atoms with van der Waals surface area (Å²) in [6.45, 7) is 5.19. The van der Waals surface area contributed by atoms with Crippen LogP contribution in [0.3, 0.4) is 0 Å². The summed E-state index contributed by atoms with van der Waals surface area (Å²) in [5.74, 6) is -1.25. The zero-order chi connectivity index (χ0) is 37.6. The molecule has 0 radical (unpaired) electrons. The number of nitrogens with zero attached hydrogens (tertiary/aromatic N) is 7. The van der Waals surface area contributed by atoms with Crippen molar-refractivity contribution in [3.05, 3.63) is 65.4 Å². The number of hydrogen-bond acceptors (Lipinski definition) is 10. The third-order valence-corrected chi connectivity index (χ3v) is 11.3. The van der Waals surface area contributed by atoms with Gasteiger partial charge in [-0.3, -0.25) is 4.90 Å². The molecule has 53 heavy (non-hydrogen) atoms. The summed E-state index contributed by atoms with van der Waals surface area (Å²) in [4.78, 5) is 19.1. The predicted octanol–water partition coefficient (Wildman–Crippen LogP) is 7.96. The number of nitriles is 1. The summed E-state index contributed by atoms with van der Waals surface area (Å²) in [6.07, 6.45) is 0.0974. The minimum Gasteiger partial charge on any atom is -0.467 e. The Balaban J connectivity index is 0.000000418. The highest BCUT2D eigenvalue weighted by molar-refractivity contribution is 7.23. The van der Waals surface area contributed by atoms with Gasteiger partial charge < -0.3 is 20.3 Å². The van der Waals surface area contributed by atoms with Gasteiger partial charge in [0.2, 0.25) is 0 Å². The van der Waals surface area contributed by atoms with Crippen molar-refractivity contribution >= 4 is 49.0 Å². The van der Waals surface area contributed by atoms with Gasteiger partial charge in [-0.25, -0.2) is 18.2 Å². The molecule has 3 aliphatic heterocycles. The lowest BCUT2D eigenvalue weighted by atomic mass is 9.92. The van der Waals surface area contributed by atoms with Crippen LogP contribution in [0.5, 0.6) is 6.01 Å². The Kier molecular flexibility index (Phi) is 9.98. The second-order valence-electron chi connectivity index (χ2n) is 13.3. The molecule has 278 valence electrons. The minimum atomic E-state index is -5.04. The van der Waals surface area contributed by atoms with Gasteiger partial charge in [-0.2, -0.15) is 28.4 Å². The number of rotatable bonds is 6. The number of ether oxygens (including phenoxy) is 1. The summed E-state index contributed by atoms with van der Waals surface area (Å²) >= 11 is 0.705. The Hall–Kier alpha value is -4.88. The van der Waals surface area contributed by atoms with E-state index < -0.39 is 40.6 Å². The average molecular weight is 755 g/mol. The lowest BCUT2D eigenvalue weighted by molar-refractivity contribution is -0.137. The molecule has 3 atom stereocenters. The van der Waals surface area contributed by atoms with Crippen molar-refractivity contribution in [2.75, 3.05) is 55.4 Å². The molecule has 9 nitrogen and oxygen atoms in total. The molecule has 6 heterocycles. The number of nitrogen functional groups attached to an aromatic ring is 1. The van der Waals surface area contributed by atoms with Gasteiger partial charge in [-0.1, -0.05) is 12.1 Å². The lowest BCUT2D eigenvalue weighted by Crippen LogP contribution is -2.38. The highest BCUT2D eigenvalue weighted by atomic mass is 32.1. The third kappa shape index (κ3) is 6.76. The SMILES string of the molecule is CCN(c1nc(OC)nc2c(F)c(-c3ccc(F)c4sc(N)c(C#N)c34)c(C(F)(F)F)cc12)C1CCN(c2ccccn2)C1.FC1CC2CCCN2C1. The molecule has 5 aromatic rings. The van der Waals surface area contributed by atoms with E-state index in [2.05, 4.69) is 24.8 Å². The topological polar surface area (TPSA) is 107 Å². The second kappa shape index (κ2) is 14.5. The van der Waals surface area contributed by atoms with Crippen LogP contribution in [0, 0.1) is 23.0 Å². The van der Waals surface area contributed by atoms with Gasteiger partial charge in [0.1, 0.15) is 40.2 Å². The van der Waals surface area contributed by atoms with Crippen molar-refractivity contribution in [2.24, 2.45) is 0 Å². The van der Waals surface area contributed by atoms with Crippen molar-refractivity contribution in [1.29, 1.82) is 5.26 Å². The standard InChI is InChI=1S/C30H24F5N7OS.C7H12FN/c1-3-42(15-9-11-41(14-15)21-6-4-5-10-38-21)28-17-12-19(30(33,34)35)23(24(32)25(17)39-29(40-28)43-2)16-7-8-20(31)26-22(16)18(13-36)27(37)44-26;8-6-4-7-2-1-3-9(7)5-6/h4-8,10,12,15H,3,9,11,14,37H2,1-2H3;6-7H,1-5H2. The number of anilines is 3. The minimum absolute atomic E-state index is 0.0833. The first-order valence-corrected chi connectivity index (χ1v) is 18.1. The van der Waals surface area contributed by atoms with Gasteiger partial charge in [0, 0.05) is 60.8 Å². The molecule has 3 unspecified atom stereocenters. The maximum absolute atomic E-state index is 16.7. The number of alkyl halides is 4. The highest BCUT2D eigenvalue weighted by Gasteiger charge is 2.39. The number of aromatic nitrogens is 3. The molecule has 0 spiro atoms. The van der Waals surface area contributed by atoms with E-state index in [4.69, 9.17) is 10.5 Å². The van der Waals surface area contributed by atoms with Gasteiger partial charge in [0.05, 0.1) is 22.9 Å². The van der Waals surface area contributed by atoms with Crippen LogP contribution in [-0.4, -0.2) is 77.9 Å². The Morgan fingerprint density at radius 2 is 1.92 bits per heavy atom. The van der Waals surface area contributed by atoms with Gasteiger partial charge in [0.25, 0.3) is 0 Å². The molecule has 3 saturated heterocycles. The lowest BCUT2D eigenvalue weighted by Gasteiger charge is -2.30. The van der Waals surface area contributed by atoms with Crippen LogP contribution < -0.4 is 20.3 Å². The monoisotopic (exact) mass is 754 g/mol. The van der Waals surface area contributed by atoms with E-state index in [1.54, 1.807) is 12.3 Å². The first kappa shape index (κ1) is 36.5. The Morgan fingerprint density at radius 1 is 1.11 bits per heavy atom. The van der Waals surface area contributed by atoms with Crippen molar-refractivity contribution in [1.82, 2.24) is 19.9 Å². The molecular weight excluding hydrogens is 719 g/mol. The summed E-state index contributed by atoms with van der Waals surface area (Å²) in [5, 5.41) is 9.26. The van der Waals surface area contributed by atoms with Crippen LogP contribution in [0.4, 0.5) is 43.0 Å². The van der Waals surface area contributed by atoms with Gasteiger partial charge >= 0.3 is 12.2 Å². The molecule has 0 bridgehead atoms. The van der Waals surface area contributed by atoms with E-state index in [1.807, 2.05) is 30.0 Å². The van der Waals surface area contributed by atoms with Crippen LogP contribution >= 0.6 is 11.3 Å². The molecule has 16 heteroatoms. The maximum atomic E-state index is 16.7. The van der Waals surface area contributed by atoms with Crippen molar-refractivity contribution in [3.8, 4) is 23.2 Å². The molecule has 3 aromatic heterocycles. The smallest absolute Gasteiger partial charge is 0.417 e. The van der Waals surface area contributed by atoms with Gasteiger partial charge in [-0.15, -0.1) is 11.3 Å². The van der Waals surface area contributed by atoms with E-state index in [0.29, 0.717) is 50.0 Å².